The van der Waals surface area contributed by atoms with Crippen molar-refractivity contribution in [2.24, 2.45) is 0 Å². The summed E-state index contributed by atoms with van der Waals surface area (Å²) >= 11 is 0. The molecule has 1 heterocycles. The minimum atomic E-state index is -4.23. The van der Waals surface area contributed by atoms with E-state index in [1.54, 1.807) is 13.8 Å². The van der Waals surface area contributed by atoms with Crippen molar-refractivity contribution < 1.29 is 36.7 Å². The summed E-state index contributed by atoms with van der Waals surface area (Å²) in [6, 6.07) is 1.40. The number of carbonyl (C=O) groups excluding carboxylic acids is 3. The zero-order valence-corrected chi connectivity index (χ0v) is 17.7. The number of ether oxygens (including phenoxy) is 2. The lowest BCUT2D eigenvalue weighted by Crippen LogP contribution is -2.50. The van der Waals surface area contributed by atoms with Crippen molar-refractivity contribution in [3.05, 3.63) is 53.5 Å². The maximum absolute atomic E-state index is 14.0. The normalized spacial score (nSPS) is 16.2. The molecule has 1 aromatic rings. The van der Waals surface area contributed by atoms with E-state index in [0.717, 1.165) is 18.2 Å². The van der Waals surface area contributed by atoms with Gasteiger partial charge in [0.1, 0.15) is 17.3 Å². The minimum Gasteiger partial charge on any atom is -0.463 e. The van der Waals surface area contributed by atoms with Crippen LogP contribution < -0.4 is 15.4 Å². The second-order valence-corrected chi connectivity index (χ2v) is 8.03. The summed E-state index contributed by atoms with van der Waals surface area (Å²) in [7, 11) is -4.23. The molecular formula is C19H22FN3O7S. The van der Waals surface area contributed by atoms with Crippen LogP contribution in [0.3, 0.4) is 0 Å². The monoisotopic (exact) mass is 455 g/mol. The molecule has 2 amide bonds. The molecular weight excluding hydrogens is 433 g/mol. The smallest absolute Gasteiger partial charge is 0.338 e. The van der Waals surface area contributed by atoms with E-state index in [9.17, 15) is 27.2 Å². The summed E-state index contributed by atoms with van der Waals surface area (Å²) in [5.74, 6) is -2.74. The summed E-state index contributed by atoms with van der Waals surface area (Å²) in [5.41, 5.74) is -0.150. The van der Waals surface area contributed by atoms with Crippen LogP contribution in [0, 0.1) is 5.82 Å². The molecule has 0 aromatic heterocycles. The number of halogens is 1. The lowest BCUT2D eigenvalue weighted by molar-refractivity contribution is -0.139. The second kappa shape index (κ2) is 10.2. The van der Waals surface area contributed by atoms with Gasteiger partial charge in [-0.1, -0.05) is 6.08 Å². The summed E-state index contributed by atoms with van der Waals surface area (Å²) < 4.78 is 50.6. The number of urea groups is 1. The molecule has 0 bridgehead atoms. The average molecular weight is 455 g/mol. The molecule has 3 N–H and O–H groups in total. The van der Waals surface area contributed by atoms with Gasteiger partial charge in [-0.05, 0) is 32.0 Å². The molecule has 1 atom stereocenters. The van der Waals surface area contributed by atoms with Gasteiger partial charge < -0.3 is 20.1 Å². The van der Waals surface area contributed by atoms with Gasteiger partial charge in [-0.2, -0.15) is 0 Å². The first-order chi connectivity index (χ1) is 14.6. The molecule has 0 saturated carbocycles. The average Bonchev–Trinajstić information content (AvgIpc) is 2.70. The molecule has 2 rings (SSSR count). The molecule has 0 aliphatic carbocycles. The number of nitrogens with one attached hydrogen (secondary N) is 3. The minimum absolute atomic E-state index is 0.0191. The van der Waals surface area contributed by atoms with Crippen LogP contribution in [0.1, 0.15) is 24.2 Å². The Morgan fingerprint density at radius 1 is 1.29 bits per heavy atom. The fraction of sp³-hybridized carbons (Fsp3) is 0.316. The number of sulfonamides is 1. The van der Waals surface area contributed by atoms with E-state index < -0.39 is 51.4 Å². The van der Waals surface area contributed by atoms with Crippen LogP contribution >= 0.6 is 0 Å². The van der Waals surface area contributed by atoms with E-state index in [-0.39, 0.29) is 30.0 Å². The predicted molar refractivity (Wildman–Crippen MR) is 107 cm³/mol. The number of amides is 2. The molecule has 31 heavy (non-hydrogen) atoms. The van der Waals surface area contributed by atoms with Gasteiger partial charge in [-0.25, -0.2) is 31.9 Å². The van der Waals surface area contributed by atoms with Crippen LogP contribution in [0.2, 0.25) is 0 Å². The van der Waals surface area contributed by atoms with Gasteiger partial charge in [0.25, 0.3) is 0 Å². The number of rotatable bonds is 9. The molecule has 0 spiro atoms. The first-order valence-corrected chi connectivity index (χ1v) is 10.6. The Hall–Kier alpha value is -3.25. The van der Waals surface area contributed by atoms with Crippen molar-refractivity contribution in [3.63, 3.8) is 0 Å². The summed E-state index contributed by atoms with van der Waals surface area (Å²) in [6.45, 7) is 6.00. The van der Waals surface area contributed by atoms with Gasteiger partial charge in [-0.3, -0.25) is 0 Å². The Morgan fingerprint density at radius 3 is 2.65 bits per heavy atom. The topological polar surface area (TPSA) is 140 Å². The van der Waals surface area contributed by atoms with Gasteiger partial charge >= 0.3 is 18.0 Å². The first kappa shape index (κ1) is 24.0. The maximum atomic E-state index is 14.0. The van der Waals surface area contributed by atoms with Gasteiger partial charge in [0, 0.05) is 6.54 Å². The quantitative estimate of drug-likeness (QED) is 0.372. The summed E-state index contributed by atoms with van der Waals surface area (Å²) in [5, 5.41) is 4.88. The number of carbonyl (C=O) groups is 3. The number of hydrogen-bond acceptors (Lipinski definition) is 7. The van der Waals surface area contributed by atoms with Crippen LogP contribution in [0.25, 0.3) is 0 Å². The van der Waals surface area contributed by atoms with Gasteiger partial charge in [0.15, 0.2) is 0 Å². The molecule has 10 nitrogen and oxygen atoms in total. The highest BCUT2D eigenvalue weighted by molar-refractivity contribution is 7.89. The SMILES string of the molecule is C=CCNS(=O)(=O)c1cc(C(=O)OCC2=C(C(=O)OCC)C(C)NC(=O)N2)ccc1F. The van der Waals surface area contributed by atoms with Crippen LogP contribution in [-0.2, 0) is 24.3 Å². The predicted octanol–water partition coefficient (Wildman–Crippen LogP) is 0.965. The molecule has 12 heteroatoms. The van der Waals surface area contributed by atoms with Crippen molar-refractivity contribution in [1.82, 2.24) is 15.4 Å². The van der Waals surface area contributed by atoms with Crippen LogP contribution in [-0.4, -0.2) is 52.2 Å². The Bertz CT molecular complexity index is 1040. The van der Waals surface area contributed by atoms with Gasteiger partial charge in [-0.15, -0.1) is 6.58 Å². The highest BCUT2D eigenvalue weighted by Gasteiger charge is 2.30. The number of esters is 2. The Labute approximate surface area is 178 Å². The summed E-state index contributed by atoms with van der Waals surface area (Å²) in [6.07, 6.45) is 1.27. The third-order valence-corrected chi connectivity index (χ3v) is 5.53. The zero-order chi connectivity index (χ0) is 23.2. The third-order valence-electron chi connectivity index (χ3n) is 4.09. The van der Waals surface area contributed by atoms with Crippen molar-refractivity contribution >= 4 is 28.0 Å². The number of hydrogen-bond donors (Lipinski definition) is 3. The zero-order valence-electron chi connectivity index (χ0n) is 16.9. The van der Waals surface area contributed by atoms with Gasteiger partial charge in [0.2, 0.25) is 10.0 Å². The third kappa shape index (κ3) is 5.89. The van der Waals surface area contributed by atoms with Crippen molar-refractivity contribution in [3.8, 4) is 0 Å². The molecule has 1 aromatic carbocycles. The van der Waals surface area contributed by atoms with Crippen molar-refractivity contribution in [1.29, 1.82) is 0 Å². The van der Waals surface area contributed by atoms with E-state index in [4.69, 9.17) is 9.47 Å². The standard InChI is InChI=1S/C19H22FN3O7S/c1-4-8-21-31(27,28)15-9-12(6-7-13(15)20)17(24)30-10-14-16(18(25)29-5-2)11(3)22-19(26)23-14/h4,6-7,9,11,21H,1,5,8,10H2,2-3H3,(H2,22,23,26). The molecule has 1 unspecified atom stereocenters. The molecule has 1 aliphatic heterocycles. The van der Waals surface area contributed by atoms with E-state index in [2.05, 4.69) is 21.9 Å². The molecule has 0 fully saturated rings. The Kier molecular flexibility index (Phi) is 7.89. The number of benzene rings is 1. The van der Waals surface area contributed by atoms with Crippen LogP contribution in [0.4, 0.5) is 9.18 Å². The highest BCUT2D eigenvalue weighted by Crippen LogP contribution is 2.19. The van der Waals surface area contributed by atoms with E-state index in [0.29, 0.717) is 0 Å². The maximum Gasteiger partial charge on any atom is 0.338 e. The summed E-state index contributed by atoms with van der Waals surface area (Å²) in [4.78, 5) is 35.6. The lowest BCUT2D eigenvalue weighted by atomic mass is 10.0. The fourth-order valence-corrected chi connectivity index (χ4v) is 3.80. The Morgan fingerprint density at radius 2 is 2.00 bits per heavy atom. The molecule has 168 valence electrons. The molecule has 1 aliphatic rings. The van der Waals surface area contributed by atoms with E-state index in [1.807, 2.05) is 0 Å². The van der Waals surface area contributed by atoms with Crippen LogP contribution in [0.5, 0.6) is 0 Å². The second-order valence-electron chi connectivity index (χ2n) is 6.29. The van der Waals surface area contributed by atoms with Crippen molar-refractivity contribution in [2.75, 3.05) is 19.8 Å². The highest BCUT2D eigenvalue weighted by atomic mass is 32.2. The molecule has 0 saturated heterocycles. The van der Waals surface area contributed by atoms with Crippen molar-refractivity contribution in [2.45, 2.75) is 24.8 Å². The van der Waals surface area contributed by atoms with Gasteiger partial charge in [0.05, 0.1) is 29.5 Å². The fourth-order valence-electron chi connectivity index (χ4n) is 2.70. The largest absolute Gasteiger partial charge is 0.463 e. The molecule has 0 radical (unpaired) electrons. The van der Waals surface area contributed by atoms with E-state index in [1.165, 1.54) is 6.08 Å². The Balaban J connectivity index is 2.25. The van der Waals surface area contributed by atoms with Crippen LogP contribution in [0.15, 0.2) is 47.0 Å². The first-order valence-electron chi connectivity index (χ1n) is 9.15. The van der Waals surface area contributed by atoms with E-state index >= 15 is 0 Å². The lowest BCUT2D eigenvalue weighted by Gasteiger charge is -2.26.